The maximum Gasteiger partial charge on any atom is 0.169 e. The molecule has 2 aromatic rings. The first-order chi connectivity index (χ1) is 9.19. The normalized spacial score (nSPS) is 13.7. The second-order valence-corrected chi connectivity index (χ2v) is 5.41. The van der Waals surface area contributed by atoms with Crippen molar-refractivity contribution in [3.05, 3.63) is 54.1 Å². The summed E-state index contributed by atoms with van der Waals surface area (Å²) in [6.07, 6.45) is 10.8. The highest BCUT2D eigenvalue weighted by molar-refractivity contribution is 14.1. The number of imidazole rings is 1. The van der Waals surface area contributed by atoms with E-state index in [2.05, 4.69) is 64.7 Å². The molecule has 19 heavy (non-hydrogen) atoms. The van der Waals surface area contributed by atoms with Crippen molar-refractivity contribution >= 4 is 22.6 Å². The van der Waals surface area contributed by atoms with Crippen LogP contribution in [-0.4, -0.2) is 13.7 Å². The zero-order chi connectivity index (χ0) is 13.7. The lowest BCUT2D eigenvalue weighted by Gasteiger charge is -2.20. The molecule has 0 bridgehead atoms. The van der Waals surface area contributed by atoms with Gasteiger partial charge in [-0.2, -0.15) is 0 Å². The molecule has 2 unspecified atom stereocenters. The van der Waals surface area contributed by atoms with Crippen molar-refractivity contribution in [3.63, 3.8) is 0 Å². The molecule has 0 aliphatic heterocycles. The second kappa shape index (κ2) is 6.73. The first kappa shape index (κ1) is 14.1. The van der Waals surface area contributed by atoms with Crippen molar-refractivity contribution in [1.82, 2.24) is 9.55 Å². The average Bonchev–Trinajstić information content (AvgIpc) is 2.91. The zero-order valence-corrected chi connectivity index (χ0v) is 12.8. The number of aromatic nitrogens is 2. The van der Waals surface area contributed by atoms with Crippen LogP contribution in [0.4, 0.5) is 0 Å². The van der Waals surface area contributed by atoms with Crippen LogP contribution in [0.25, 0.3) is 0 Å². The number of nitrogens with zero attached hydrogens (tertiary/aromatic N) is 2. The molecule has 0 N–H and O–H groups in total. The van der Waals surface area contributed by atoms with Crippen LogP contribution in [0.3, 0.4) is 0 Å². The molecule has 1 heterocycles. The third kappa shape index (κ3) is 4.08. The fraction of sp³-hybridized carbons (Fsp3) is 0.267. The molecule has 2 rings (SSSR count). The second-order valence-electron chi connectivity index (χ2n) is 4.28. The Morgan fingerprint density at radius 2 is 2.16 bits per heavy atom. The Hall–Kier alpha value is -1.32. The van der Waals surface area contributed by atoms with Gasteiger partial charge in [-0.15, -0.1) is 6.42 Å². The summed E-state index contributed by atoms with van der Waals surface area (Å²) >= 11 is 2.11. The first-order valence-corrected chi connectivity index (χ1v) is 7.21. The van der Waals surface area contributed by atoms with Crippen LogP contribution >= 0.6 is 22.6 Å². The van der Waals surface area contributed by atoms with Crippen LogP contribution in [0.1, 0.15) is 17.2 Å². The third-order valence-electron chi connectivity index (χ3n) is 2.80. The summed E-state index contributed by atoms with van der Waals surface area (Å²) in [5.41, 5.74) is 2.35. The number of hydrogen-bond acceptors (Lipinski definition) is 2. The summed E-state index contributed by atoms with van der Waals surface area (Å²) in [5, 5.41) is 0. The van der Waals surface area contributed by atoms with Gasteiger partial charge in [0.15, 0.2) is 4.11 Å². The van der Waals surface area contributed by atoms with Gasteiger partial charge in [0.25, 0.3) is 0 Å². The molecular formula is C15H15IN2O. The van der Waals surface area contributed by atoms with Crippen molar-refractivity contribution in [3.8, 4) is 12.3 Å². The molecule has 2 atom stereocenters. The van der Waals surface area contributed by atoms with Crippen LogP contribution in [0.5, 0.6) is 0 Å². The lowest BCUT2D eigenvalue weighted by atomic mass is 10.1. The summed E-state index contributed by atoms with van der Waals surface area (Å²) in [4.78, 5) is 4.05. The Morgan fingerprint density at radius 1 is 1.42 bits per heavy atom. The molecule has 1 aromatic heterocycles. The zero-order valence-electron chi connectivity index (χ0n) is 10.7. The van der Waals surface area contributed by atoms with Gasteiger partial charge >= 0.3 is 0 Å². The van der Waals surface area contributed by atoms with E-state index in [-0.39, 0.29) is 10.2 Å². The molecule has 0 radical (unpaired) electrons. The van der Waals surface area contributed by atoms with E-state index in [1.54, 1.807) is 12.5 Å². The van der Waals surface area contributed by atoms with Crippen molar-refractivity contribution in [2.75, 3.05) is 0 Å². The number of benzene rings is 1. The number of alkyl halides is 1. The third-order valence-corrected chi connectivity index (χ3v) is 3.45. The number of rotatable bonds is 5. The quantitative estimate of drug-likeness (QED) is 0.461. The van der Waals surface area contributed by atoms with E-state index in [0.29, 0.717) is 6.54 Å². The molecule has 0 saturated carbocycles. The Balaban J connectivity index is 2.18. The van der Waals surface area contributed by atoms with E-state index in [1.807, 2.05) is 10.8 Å². The van der Waals surface area contributed by atoms with E-state index in [1.165, 1.54) is 5.56 Å². The van der Waals surface area contributed by atoms with Crippen molar-refractivity contribution in [2.24, 2.45) is 0 Å². The van der Waals surface area contributed by atoms with Crippen LogP contribution in [-0.2, 0) is 11.3 Å². The molecule has 0 aliphatic rings. The predicted molar refractivity (Wildman–Crippen MR) is 83.9 cm³/mol. The maximum atomic E-state index is 5.90. The smallest absolute Gasteiger partial charge is 0.169 e. The van der Waals surface area contributed by atoms with E-state index in [4.69, 9.17) is 11.2 Å². The summed E-state index contributed by atoms with van der Waals surface area (Å²) in [7, 11) is 0. The topological polar surface area (TPSA) is 27.1 Å². The molecule has 98 valence electrons. The highest BCUT2D eigenvalue weighted by Gasteiger charge is 2.16. The Labute approximate surface area is 127 Å². The molecule has 4 heteroatoms. The van der Waals surface area contributed by atoms with Gasteiger partial charge in [-0.25, -0.2) is 4.98 Å². The minimum Gasteiger partial charge on any atom is -0.346 e. The molecule has 0 aliphatic carbocycles. The molecule has 0 amide bonds. The molecule has 1 aromatic carbocycles. The van der Waals surface area contributed by atoms with Gasteiger partial charge in [0.1, 0.15) is 6.10 Å². The minimum atomic E-state index is -0.243. The highest BCUT2D eigenvalue weighted by Crippen LogP contribution is 2.23. The van der Waals surface area contributed by atoms with Crippen molar-refractivity contribution in [1.29, 1.82) is 0 Å². The van der Waals surface area contributed by atoms with Gasteiger partial charge in [-0.3, -0.25) is 0 Å². The highest BCUT2D eigenvalue weighted by atomic mass is 127. The first-order valence-electron chi connectivity index (χ1n) is 5.97. The van der Waals surface area contributed by atoms with Gasteiger partial charge in [-0.1, -0.05) is 35.7 Å². The van der Waals surface area contributed by atoms with Crippen molar-refractivity contribution in [2.45, 2.75) is 23.7 Å². The Morgan fingerprint density at radius 3 is 2.74 bits per heavy atom. The van der Waals surface area contributed by atoms with E-state index < -0.39 is 0 Å². The van der Waals surface area contributed by atoms with Gasteiger partial charge in [-0.05, 0) is 35.1 Å². The Bertz CT molecular complexity index is 543. The van der Waals surface area contributed by atoms with E-state index in [0.717, 1.165) is 5.56 Å². The SMILES string of the molecule is C#CC(I)OC(Cn1ccnc1)c1ccc(C)cc1. The number of terminal acetylenes is 1. The van der Waals surface area contributed by atoms with Gasteiger partial charge in [0, 0.05) is 12.4 Å². The predicted octanol–water partition coefficient (Wildman–Crippen LogP) is 3.34. The van der Waals surface area contributed by atoms with Gasteiger partial charge in [0.05, 0.1) is 12.9 Å². The summed E-state index contributed by atoms with van der Waals surface area (Å²) < 4.78 is 7.65. The minimum absolute atomic E-state index is 0.0762. The molecule has 0 fully saturated rings. The molecule has 0 spiro atoms. The van der Waals surface area contributed by atoms with Crippen LogP contribution in [0.15, 0.2) is 43.0 Å². The fourth-order valence-electron chi connectivity index (χ4n) is 1.78. The number of halogens is 1. The van der Waals surface area contributed by atoms with Crippen LogP contribution in [0, 0.1) is 19.3 Å². The van der Waals surface area contributed by atoms with E-state index in [9.17, 15) is 0 Å². The lowest BCUT2D eigenvalue weighted by molar-refractivity contribution is 0.0547. The monoisotopic (exact) mass is 366 g/mol. The molecule has 0 saturated heterocycles. The summed E-state index contributed by atoms with van der Waals surface area (Å²) in [6, 6.07) is 8.32. The van der Waals surface area contributed by atoms with Gasteiger partial charge < -0.3 is 9.30 Å². The number of ether oxygens (including phenoxy) is 1. The maximum absolute atomic E-state index is 5.90. The summed E-state index contributed by atoms with van der Waals surface area (Å²) in [6.45, 7) is 2.77. The van der Waals surface area contributed by atoms with Gasteiger partial charge in [0.2, 0.25) is 0 Å². The van der Waals surface area contributed by atoms with Crippen LogP contribution < -0.4 is 0 Å². The molecular weight excluding hydrogens is 351 g/mol. The lowest BCUT2D eigenvalue weighted by Crippen LogP contribution is -2.15. The number of hydrogen-bond donors (Lipinski definition) is 0. The van der Waals surface area contributed by atoms with E-state index >= 15 is 0 Å². The fourth-order valence-corrected chi connectivity index (χ4v) is 2.13. The average molecular weight is 366 g/mol. The molecule has 3 nitrogen and oxygen atoms in total. The standard InChI is InChI=1S/C15H15IN2O/c1-3-15(16)19-14(10-18-9-8-17-11-18)13-6-4-12(2)5-7-13/h1,4-9,11,14-15H,10H2,2H3. The Kier molecular flexibility index (Phi) is 5.00. The van der Waals surface area contributed by atoms with Crippen molar-refractivity contribution < 1.29 is 4.74 Å². The number of aryl methyl sites for hydroxylation is 1. The largest absolute Gasteiger partial charge is 0.346 e. The summed E-state index contributed by atoms with van der Waals surface area (Å²) in [5.74, 6) is 2.60. The van der Waals surface area contributed by atoms with Crippen LogP contribution in [0.2, 0.25) is 0 Å².